The minimum absolute atomic E-state index is 0.339. The number of methoxy groups -OCH3 is 1. The van der Waals surface area contributed by atoms with Crippen LogP contribution in [-0.4, -0.2) is 63.0 Å². The Balaban J connectivity index is 0.000000194. The van der Waals surface area contributed by atoms with Gasteiger partial charge in [-0.1, -0.05) is 102 Å². The fourth-order valence-electron chi connectivity index (χ4n) is 7.29. The minimum atomic E-state index is -1.01. The van der Waals surface area contributed by atoms with E-state index in [0.717, 1.165) is 16.7 Å². The van der Waals surface area contributed by atoms with Crippen molar-refractivity contribution < 1.29 is 38.9 Å². The van der Waals surface area contributed by atoms with E-state index in [-0.39, 0.29) is 17.9 Å². The van der Waals surface area contributed by atoms with E-state index in [1.165, 1.54) is 16.9 Å². The molecule has 10 nitrogen and oxygen atoms in total. The van der Waals surface area contributed by atoms with Crippen LogP contribution in [0.2, 0.25) is 10.0 Å². The number of carboxylic acid groups (broad SMARTS) is 2. The second kappa shape index (κ2) is 18.2. The molecule has 2 aliphatic rings. The third kappa shape index (κ3) is 8.99. The zero-order chi connectivity index (χ0) is 39.8. The van der Waals surface area contributed by atoms with Gasteiger partial charge < -0.3 is 29.5 Å². The molecule has 0 unspecified atom stereocenters. The number of hydrogen-bond donors (Lipinski definition) is 2. The monoisotopic (exact) mass is 794 g/mol. The Morgan fingerprint density at radius 1 is 0.589 bits per heavy atom. The van der Waals surface area contributed by atoms with Crippen molar-refractivity contribution in [1.29, 1.82) is 0 Å². The molecule has 0 aliphatic carbocycles. The number of likely N-dealkylation sites (tertiary alicyclic amines) is 2. The number of carbonyl (C=O) groups is 4. The molecule has 5 aromatic rings. The van der Waals surface area contributed by atoms with Crippen molar-refractivity contribution in [3.8, 4) is 11.5 Å². The van der Waals surface area contributed by atoms with Crippen molar-refractivity contribution in [3.63, 3.8) is 0 Å². The number of aliphatic carboxylic acids is 2. The molecule has 2 heterocycles. The van der Waals surface area contributed by atoms with E-state index in [1.807, 2.05) is 66.7 Å². The van der Waals surface area contributed by atoms with Gasteiger partial charge in [-0.15, -0.1) is 0 Å². The van der Waals surface area contributed by atoms with E-state index in [4.69, 9.17) is 32.7 Å². The van der Waals surface area contributed by atoms with E-state index >= 15 is 0 Å². The van der Waals surface area contributed by atoms with Crippen LogP contribution in [0.5, 0.6) is 11.5 Å². The number of halogens is 2. The zero-order valence-electron chi connectivity index (χ0n) is 30.5. The molecule has 0 radical (unpaired) electrons. The van der Waals surface area contributed by atoms with Crippen LogP contribution in [0.15, 0.2) is 127 Å². The van der Waals surface area contributed by atoms with Gasteiger partial charge in [0.25, 0.3) is 11.8 Å². The number of amides is 2. The standard InChI is InChI=1S/C25H22ClNO4.C19H18ClNO4/c26-21-12-5-4-11-20(21)22-13-14-23(25(29)30)27(22)24(28)18-9-6-10-19(15-18)31-16-17-7-2-1-3-8-17;1-25-13-6-4-5-12(11-13)18(22)21-16(9-10-17(21)19(23)24)14-7-2-3-8-15(14)20/h1-12,15,22-23H,13-14,16H2,(H,29,30);2-8,11,16-17H,9-10H2,1H3,(H,23,24)/t22-,23+;16-,17+/m11/s1. The van der Waals surface area contributed by atoms with Crippen LogP contribution in [0, 0.1) is 0 Å². The topological polar surface area (TPSA) is 134 Å². The summed E-state index contributed by atoms with van der Waals surface area (Å²) < 4.78 is 11.0. The van der Waals surface area contributed by atoms with Crippen molar-refractivity contribution in [2.75, 3.05) is 7.11 Å². The maximum atomic E-state index is 13.4. The van der Waals surface area contributed by atoms with E-state index < -0.39 is 30.1 Å². The lowest BCUT2D eigenvalue weighted by molar-refractivity contribution is -0.142. The van der Waals surface area contributed by atoms with Crippen LogP contribution >= 0.6 is 23.2 Å². The van der Waals surface area contributed by atoms with Crippen LogP contribution in [0.4, 0.5) is 0 Å². The lowest BCUT2D eigenvalue weighted by Crippen LogP contribution is -2.41. The van der Waals surface area contributed by atoms with Gasteiger partial charge in [-0.05, 0) is 90.9 Å². The summed E-state index contributed by atoms with van der Waals surface area (Å²) in [4.78, 5) is 53.0. The number of hydrogen-bond acceptors (Lipinski definition) is 6. The van der Waals surface area contributed by atoms with Crippen LogP contribution in [0.25, 0.3) is 0 Å². The van der Waals surface area contributed by atoms with Gasteiger partial charge in [0.1, 0.15) is 30.2 Å². The molecule has 0 aromatic heterocycles. The lowest BCUT2D eigenvalue weighted by atomic mass is 10.0. The Kier molecular flexibility index (Phi) is 12.9. The number of benzene rings is 5. The molecule has 288 valence electrons. The number of ether oxygens (including phenoxy) is 2. The molecule has 12 heteroatoms. The van der Waals surface area contributed by atoms with Crippen molar-refractivity contribution in [2.24, 2.45) is 0 Å². The highest BCUT2D eigenvalue weighted by atomic mass is 35.5. The third-order valence-electron chi connectivity index (χ3n) is 9.98. The summed E-state index contributed by atoms with van der Waals surface area (Å²) in [5.41, 5.74) is 3.32. The maximum absolute atomic E-state index is 13.4. The molecular formula is C44H40Cl2N2O8. The molecule has 4 atom stereocenters. The van der Waals surface area contributed by atoms with Crippen LogP contribution < -0.4 is 9.47 Å². The normalized spacial score (nSPS) is 18.8. The fraction of sp³-hybridized carbons (Fsp3) is 0.227. The molecule has 5 aromatic carbocycles. The van der Waals surface area contributed by atoms with E-state index in [1.54, 1.807) is 60.7 Å². The number of carbonyl (C=O) groups excluding carboxylic acids is 2. The Hall–Kier alpha value is -5.84. The van der Waals surface area contributed by atoms with Crippen molar-refractivity contribution in [3.05, 3.63) is 165 Å². The van der Waals surface area contributed by atoms with Gasteiger partial charge in [0, 0.05) is 21.2 Å². The molecule has 0 saturated carbocycles. The lowest BCUT2D eigenvalue weighted by Gasteiger charge is -2.29. The van der Waals surface area contributed by atoms with E-state index in [2.05, 4.69) is 0 Å². The van der Waals surface area contributed by atoms with Gasteiger partial charge in [0.2, 0.25) is 0 Å². The van der Waals surface area contributed by atoms with Crippen LogP contribution in [0.3, 0.4) is 0 Å². The first-order chi connectivity index (χ1) is 27.1. The molecule has 2 fully saturated rings. The molecule has 2 amide bonds. The molecule has 2 N–H and O–H groups in total. The minimum Gasteiger partial charge on any atom is -0.497 e. The average Bonchev–Trinajstić information content (AvgIpc) is 3.87. The molecular weight excluding hydrogens is 755 g/mol. The number of rotatable bonds is 10. The Morgan fingerprint density at radius 2 is 1.04 bits per heavy atom. The largest absolute Gasteiger partial charge is 0.497 e. The fourth-order valence-corrected chi connectivity index (χ4v) is 7.81. The summed E-state index contributed by atoms with van der Waals surface area (Å²) >= 11 is 12.7. The predicted octanol–water partition coefficient (Wildman–Crippen LogP) is 9.13. The third-order valence-corrected chi connectivity index (χ3v) is 10.7. The first kappa shape index (κ1) is 39.8. The quantitative estimate of drug-likeness (QED) is 0.143. The highest BCUT2D eigenvalue weighted by Crippen LogP contribution is 2.42. The molecule has 7 rings (SSSR count). The summed E-state index contributed by atoms with van der Waals surface area (Å²) in [5.74, 6) is -1.61. The summed E-state index contributed by atoms with van der Waals surface area (Å²) in [6.07, 6.45) is 1.86. The predicted molar refractivity (Wildman–Crippen MR) is 212 cm³/mol. The SMILES string of the molecule is COc1cccc(C(=O)N2[C@@H](c3ccccc3Cl)CC[C@H]2C(=O)O)c1.O=C(O)[C@@H]1CC[C@H](c2ccccc2Cl)N1C(=O)c1cccc(OCc2ccccc2)c1. The Labute approximate surface area is 334 Å². The van der Waals surface area contributed by atoms with Crippen molar-refractivity contribution >= 4 is 47.0 Å². The molecule has 0 bridgehead atoms. The second-order valence-electron chi connectivity index (χ2n) is 13.4. The van der Waals surface area contributed by atoms with Crippen LogP contribution in [0.1, 0.15) is 75.2 Å². The first-order valence-electron chi connectivity index (χ1n) is 18.1. The second-order valence-corrected chi connectivity index (χ2v) is 14.2. The smallest absolute Gasteiger partial charge is 0.326 e. The first-order valence-corrected chi connectivity index (χ1v) is 18.8. The highest BCUT2D eigenvalue weighted by molar-refractivity contribution is 6.31. The van der Waals surface area contributed by atoms with Crippen LogP contribution in [-0.2, 0) is 16.2 Å². The molecule has 2 saturated heterocycles. The van der Waals surface area contributed by atoms with Crippen molar-refractivity contribution in [2.45, 2.75) is 56.5 Å². The zero-order valence-corrected chi connectivity index (χ0v) is 32.0. The van der Waals surface area contributed by atoms with Gasteiger partial charge in [0.15, 0.2) is 0 Å². The molecule has 2 aliphatic heterocycles. The summed E-state index contributed by atoms with van der Waals surface area (Å²) in [7, 11) is 1.52. The summed E-state index contributed by atoms with van der Waals surface area (Å²) in [6.45, 7) is 0.377. The maximum Gasteiger partial charge on any atom is 0.326 e. The summed E-state index contributed by atoms with van der Waals surface area (Å²) in [5, 5.41) is 20.3. The molecule has 0 spiro atoms. The van der Waals surface area contributed by atoms with E-state index in [9.17, 15) is 29.4 Å². The van der Waals surface area contributed by atoms with Gasteiger partial charge >= 0.3 is 11.9 Å². The van der Waals surface area contributed by atoms with Gasteiger partial charge in [-0.2, -0.15) is 0 Å². The van der Waals surface area contributed by atoms with Gasteiger partial charge in [-0.25, -0.2) is 9.59 Å². The Morgan fingerprint density at radius 3 is 1.50 bits per heavy atom. The van der Waals surface area contributed by atoms with Gasteiger partial charge in [0.05, 0.1) is 19.2 Å². The molecule has 56 heavy (non-hydrogen) atoms. The van der Waals surface area contributed by atoms with E-state index in [0.29, 0.717) is 65.0 Å². The van der Waals surface area contributed by atoms with Gasteiger partial charge in [-0.3, -0.25) is 9.59 Å². The number of nitrogens with zero attached hydrogens (tertiary/aromatic N) is 2. The Bertz CT molecular complexity index is 2200. The summed E-state index contributed by atoms with van der Waals surface area (Å²) in [6, 6.07) is 35.3. The number of carboxylic acids is 2. The van der Waals surface area contributed by atoms with Crippen molar-refractivity contribution in [1.82, 2.24) is 9.80 Å². The highest BCUT2D eigenvalue weighted by Gasteiger charge is 2.44. The average molecular weight is 796 g/mol.